The largest absolute Gasteiger partial charge is 0.390 e. The van der Waals surface area contributed by atoms with Crippen LogP contribution in [0.4, 0.5) is 0 Å². The Labute approximate surface area is 97.5 Å². The van der Waals surface area contributed by atoms with Gasteiger partial charge in [0.15, 0.2) is 8.38 Å². The summed E-state index contributed by atoms with van der Waals surface area (Å²) in [7, 11) is -1.25. The topological polar surface area (TPSA) is 69.9 Å². The first kappa shape index (κ1) is 12.7. The van der Waals surface area contributed by atoms with Crippen molar-refractivity contribution < 1.29 is 19.6 Å². The molecule has 16 heavy (non-hydrogen) atoms. The third-order valence-electron chi connectivity index (χ3n) is 3.71. The molecule has 3 N–H and O–H groups in total. The van der Waals surface area contributed by atoms with Crippen molar-refractivity contribution in [2.75, 3.05) is 6.61 Å². The van der Waals surface area contributed by atoms with Gasteiger partial charge in [-0.25, -0.2) is 0 Å². The number of hydrogen-bond donors (Lipinski definition) is 3. The van der Waals surface area contributed by atoms with Gasteiger partial charge in [0.05, 0.1) is 18.8 Å². The van der Waals surface area contributed by atoms with Gasteiger partial charge < -0.3 is 19.6 Å². The maximum absolute atomic E-state index is 9.75. The van der Waals surface area contributed by atoms with Gasteiger partial charge in [0, 0.05) is 5.66 Å². The lowest BCUT2D eigenvalue weighted by molar-refractivity contribution is -0.0269. The zero-order chi connectivity index (χ0) is 11.5. The van der Waals surface area contributed by atoms with E-state index in [1.54, 1.807) is 0 Å². The van der Waals surface area contributed by atoms with Crippen molar-refractivity contribution in [3.63, 3.8) is 0 Å². The summed E-state index contributed by atoms with van der Waals surface area (Å²) >= 11 is 0. The summed E-state index contributed by atoms with van der Waals surface area (Å²) in [5, 5.41) is 19.0. The van der Waals surface area contributed by atoms with E-state index in [2.05, 4.69) is 0 Å². The van der Waals surface area contributed by atoms with E-state index in [9.17, 15) is 15.1 Å². The Morgan fingerprint density at radius 2 is 1.94 bits per heavy atom. The quantitative estimate of drug-likeness (QED) is 0.646. The smallest absolute Gasteiger partial charge is 0.171 e. The minimum Gasteiger partial charge on any atom is -0.390 e. The van der Waals surface area contributed by atoms with Crippen molar-refractivity contribution in [1.82, 2.24) is 0 Å². The number of aliphatic hydroxyl groups excluding tert-OH is 2. The molecule has 1 aliphatic heterocycles. The Kier molecular flexibility index (Phi) is 4.57. The van der Waals surface area contributed by atoms with E-state index < -0.39 is 20.6 Å². The highest BCUT2D eigenvalue weighted by Gasteiger charge is 2.32. The Morgan fingerprint density at radius 1 is 1.12 bits per heavy atom. The Hall–Kier alpha value is 0.270. The predicted octanol–water partition coefficient (Wildman–Crippen LogP) is 1.38. The van der Waals surface area contributed by atoms with Crippen LogP contribution in [-0.4, -0.2) is 39.6 Å². The molecule has 2 aliphatic rings. The molecule has 2 fully saturated rings. The van der Waals surface area contributed by atoms with Gasteiger partial charge in [0.2, 0.25) is 0 Å². The van der Waals surface area contributed by atoms with Crippen molar-refractivity contribution in [3.05, 3.63) is 0 Å². The molecule has 0 aromatic heterocycles. The van der Waals surface area contributed by atoms with Gasteiger partial charge in [-0.05, 0) is 44.4 Å². The number of aliphatic hydroxyl groups is 2. The molecular formula is C11H21O4P. The van der Waals surface area contributed by atoms with Crippen molar-refractivity contribution in [2.45, 2.75) is 56.4 Å². The van der Waals surface area contributed by atoms with Crippen LogP contribution in [0.2, 0.25) is 0 Å². The molecule has 5 atom stereocenters. The van der Waals surface area contributed by atoms with E-state index in [0.29, 0.717) is 25.4 Å². The third-order valence-corrected chi connectivity index (χ3v) is 5.25. The third kappa shape index (κ3) is 3.14. The number of hydrogen-bond acceptors (Lipinski definition) is 4. The van der Waals surface area contributed by atoms with Crippen LogP contribution in [0.15, 0.2) is 0 Å². The molecule has 2 rings (SSSR count). The van der Waals surface area contributed by atoms with E-state index in [-0.39, 0.29) is 5.66 Å². The van der Waals surface area contributed by atoms with Crippen LogP contribution in [0, 0.1) is 5.92 Å². The maximum Gasteiger partial charge on any atom is 0.171 e. The lowest BCUT2D eigenvalue weighted by atomic mass is 9.82. The van der Waals surface area contributed by atoms with Crippen molar-refractivity contribution in [1.29, 1.82) is 0 Å². The highest BCUT2D eigenvalue weighted by molar-refractivity contribution is 7.47. The minimum atomic E-state index is -1.25. The van der Waals surface area contributed by atoms with Gasteiger partial charge in [0.1, 0.15) is 0 Å². The molecule has 0 amide bonds. The second kappa shape index (κ2) is 5.74. The van der Waals surface area contributed by atoms with Gasteiger partial charge in [-0.15, -0.1) is 0 Å². The summed E-state index contributed by atoms with van der Waals surface area (Å²) in [6, 6.07) is 0. The molecule has 0 bridgehead atoms. The van der Waals surface area contributed by atoms with E-state index >= 15 is 0 Å². The van der Waals surface area contributed by atoms with Gasteiger partial charge in [-0.3, -0.25) is 0 Å². The molecule has 1 heterocycles. The van der Waals surface area contributed by atoms with Crippen molar-refractivity contribution in [3.8, 4) is 0 Å². The average molecular weight is 248 g/mol. The molecule has 5 heteroatoms. The fourth-order valence-corrected chi connectivity index (χ4v) is 4.12. The maximum atomic E-state index is 9.75. The zero-order valence-corrected chi connectivity index (χ0v) is 10.4. The summed E-state index contributed by atoms with van der Waals surface area (Å²) in [6.07, 6.45) is 4.19. The SMILES string of the molecule is OC1CCC(CC2CCCOP2O)CC1O. The molecule has 0 radical (unpaired) electrons. The Bertz CT molecular complexity index is 226. The van der Waals surface area contributed by atoms with Crippen LogP contribution < -0.4 is 0 Å². The second-order valence-electron chi connectivity index (χ2n) is 4.98. The second-order valence-corrected chi connectivity index (χ2v) is 6.57. The molecule has 0 aromatic carbocycles. The van der Waals surface area contributed by atoms with Crippen molar-refractivity contribution >= 4 is 8.38 Å². The van der Waals surface area contributed by atoms with Gasteiger partial charge in [-0.1, -0.05) is 0 Å². The first-order valence-electron chi connectivity index (χ1n) is 6.14. The monoisotopic (exact) mass is 248 g/mol. The lowest BCUT2D eigenvalue weighted by Gasteiger charge is -2.34. The molecule has 1 saturated heterocycles. The van der Waals surface area contributed by atoms with Crippen LogP contribution in [0.3, 0.4) is 0 Å². The molecule has 1 saturated carbocycles. The molecule has 1 aliphatic carbocycles. The number of rotatable bonds is 2. The highest BCUT2D eigenvalue weighted by Crippen LogP contribution is 2.47. The molecule has 0 spiro atoms. The minimum absolute atomic E-state index is 0.274. The molecular weight excluding hydrogens is 227 g/mol. The van der Waals surface area contributed by atoms with Crippen LogP contribution in [0.25, 0.3) is 0 Å². The summed E-state index contributed by atoms with van der Waals surface area (Å²) in [5.41, 5.74) is 0.274. The standard InChI is InChI=1S/C11H21O4P/c12-10-4-3-8(7-11(10)13)6-9-2-1-5-15-16(9)14/h8-14H,1-7H2. The average Bonchev–Trinajstić information content (AvgIpc) is 2.27. The van der Waals surface area contributed by atoms with Crippen LogP contribution in [0.1, 0.15) is 38.5 Å². The van der Waals surface area contributed by atoms with E-state index in [1.165, 1.54) is 0 Å². The van der Waals surface area contributed by atoms with Gasteiger partial charge in [-0.2, -0.15) is 0 Å². The Balaban J connectivity index is 1.80. The van der Waals surface area contributed by atoms with Crippen LogP contribution >= 0.6 is 8.38 Å². The summed E-state index contributed by atoms with van der Waals surface area (Å²) in [6.45, 7) is 0.685. The molecule has 5 unspecified atom stereocenters. The molecule has 0 aromatic rings. The lowest BCUT2D eigenvalue weighted by Crippen LogP contribution is -2.34. The first-order chi connectivity index (χ1) is 7.66. The fraction of sp³-hybridized carbons (Fsp3) is 1.00. The van der Waals surface area contributed by atoms with E-state index in [4.69, 9.17) is 4.52 Å². The van der Waals surface area contributed by atoms with E-state index in [0.717, 1.165) is 25.7 Å². The molecule has 94 valence electrons. The summed E-state index contributed by atoms with van der Waals surface area (Å²) in [4.78, 5) is 9.75. The fourth-order valence-electron chi connectivity index (χ4n) is 2.72. The van der Waals surface area contributed by atoms with Crippen molar-refractivity contribution in [2.24, 2.45) is 5.92 Å². The van der Waals surface area contributed by atoms with Gasteiger partial charge in [0.25, 0.3) is 0 Å². The normalized spacial score (nSPS) is 45.6. The zero-order valence-electron chi connectivity index (χ0n) is 9.46. The Morgan fingerprint density at radius 3 is 2.62 bits per heavy atom. The van der Waals surface area contributed by atoms with Crippen LogP contribution in [-0.2, 0) is 4.52 Å². The van der Waals surface area contributed by atoms with Crippen LogP contribution in [0.5, 0.6) is 0 Å². The van der Waals surface area contributed by atoms with E-state index in [1.807, 2.05) is 0 Å². The summed E-state index contributed by atoms with van der Waals surface area (Å²) in [5.74, 6) is 0.433. The molecule has 4 nitrogen and oxygen atoms in total. The highest BCUT2D eigenvalue weighted by atomic mass is 31.2. The predicted molar refractivity (Wildman–Crippen MR) is 62.1 cm³/mol. The first-order valence-corrected chi connectivity index (χ1v) is 7.42. The summed E-state index contributed by atoms with van der Waals surface area (Å²) < 4.78 is 5.29. The van der Waals surface area contributed by atoms with Gasteiger partial charge >= 0.3 is 0 Å².